The molecule has 1 aromatic carbocycles. The van der Waals surface area contributed by atoms with Crippen molar-refractivity contribution >= 4 is 10.8 Å². The molecular weight excluding hydrogens is 246 g/mol. The van der Waals surface area contributed by atoms with E-state index in [0.717, 1.165) is 11.3 Å². The number of hydrogen-bond acceptors (Lipinski definition) is 3. The average molecular weight is 263 g/mol. The predicted molar refractivity (Wildman–Crippen MR) is 73.9 cm³/mol. The fourth-order valence-corrected chi connectivity index (χ4v) is 2.24. The molecule has 0 fully saturated rings. The fourth-order valence-electron chi connectivity index (χ4n) is 1.83. The van der Waals surface area contributed by atoms with E-state index in [0.29, 0.717) is 12.3 Å². The summed E-state index contributed by atoms with van der Waals surface area (Å²) >= 11 is 0. The number of rotatable bonds is 6. The number of hydrogen-bond donors (Lipinski definition) is 1. The van der Waals surface area contributed by atoms with Crippen LogP contribution in [0.15, 0.2) is 53.1 Å². The Morgan fingerprint density at radius 2 is 2.00 bits per heavy atom. The molecule has 1 aromatic heterocycles. The predicted octanol–water partition coefficient (Wildman–Crippen LogP) is 2.34. The summed E-state index contributed by atoms with van der Waals surface area (Å²) in [5.74, 6) is 1.52. The first-order chi connectivity index (χ1) is 8.77. The van der Waals surface area contributed by atoms with Gasteiger partial charge in [0, 0.05) is 29.4 Å². The van der Waals surface area contributed by atoms with Crippen LogP contribution in [0.4, 0.5) is 0 Å². The number of nitrogens with one attached hydrogen (secondary N) is 1. The van der Waals surface area contributed by atoms with E-state index in [1.165, 1.54) is 0 Å². The molecule has 96 valence electrons. The van der Waals surface area contributed by atoms with Gasteiger partial charge in [-0.2, -0.15) is 0 Å². The lowest BCUT2D eigenvalue weighted by molar-refractivity contribution is 0.452. The molecule has 0 aliphatic heterocycles. The third kappa shape index (κ3) is 3.55. The average Bonchev–Trinajstić information content (AvgIpc) is 2.89. The van der Waals surface area contributed by atoms with Gasteiger partial charge in [0.1, 0.15) is 5.76 Å². The Balaban J connectivity index is 2.11. The van der Waals surface area contributed by atoms with Crippen molar-refractivity contribution in [3.63, 3.8) is 0 Å². The van der Waals surface area contributed by atoms with Crippen molar-refractivity contribution in [2.45, 2.75) is 6.04 Å². The molecule has 0 saturated heterocycles. The third-order valence-corrected chi connectivity index (χ3v) is 3.48. The van der Waals surface area contributed by atoms with E-state index in [1.54, 1.807) is 12.5 Å². The van der Waals surface area contributed by atoms with Gasteiger partial charge >= 0.3 is 0 Å². The molecule has 0 aliphatic carbocycles. The minimum absolute atomic E-state index is 0.0183. The van der Waals surface area contributed by atoms with Crippen LogP contribution in [0.5, 0.6) is 0 Å². The van der Waals surface area contributed by atoms with Crippen LogP contribution in [0.1, 0.15) is 17.4 Å². The van der Waals surface area contributed by atoms with E-state index in [-0.39, 0.29) is 6.04 Å². The largest absolute Gasteiger partial charge is 0.467 e. The molecule has 3 nitrogen and oxygen atoms in total. The van der Waals surface area contributed by atoms with Gasteiger partial charge in [-0.1, -0.05) is 30.3 Å². The Morgan fingerprint density at radius 3 is 2.61 bits per heavy atom. The molecule has 0 amide bonds. The molecule has 4 heteroatoms. The van der Waals surface area contributed by atoms with Crippen molar-refractivity contribution in [2.75, 3.05) is 18.6 Å². The van der Waals surface area contributed by atoms with Crippen molar-refractivity contribution in [3.05, 3.63) is 60.1 Å². The van der Waals surface area contributed by atoms with Crippen molar-refractivity contribution in [1.29, 1.82) is 0 Å². The maximum atomic E-state index is 11.1. The Hall–Kier alpha value is -1.39. The highest BCUT2D eigenvalue weighted by atomic mass is 32.2. The summed E-state index contributed by atoms with van der Waals surface area (Å²) in [5, 5.41) is 3.38. The molecule has 0 spiro atoms. The zero-order valence-electron chi connectivity index (χ0n) is 10.3. The van der Waals surface area contributed by atoms with Gasteiger partial charge in [0.15, 0.2) is 0 Å². The standard InChI is InChI=1S/C14H17NO2S/c1-18(16)11-9-15-14(13-8-5-10-17-13)12-6-3-2-4-7-12/h2-8,10,14-15H,9,11H2,1H3. The van der Waals surface area contributed by atoms with Gasteiger partial charge in [-0.3, -0.25) is 4.21 Å². The first kappa shape index (κ1) is 13.1. The number of furan rings is 1. The lowest BCUT2D eigenvalue weighted by Crippen LogP contribution is -2.26. The van der Waals surface area contributed by atoms with Gasteiger partial charge in [-0.25, -0.2) is 0 Å². The van der Waals surface area contributed by atoms with Crippen LogP contribution in [-0.2, 0) is 10.8 Å². The lowest BCUT2D eigenvalue weighted by atomic mass is 10.0. The van der Waals surface area contributed by atoms with Crippen LogP contribution in [0.3, 0.4) is 0 Å². The zero-order valence-corrected chi connectivity index (χ0v) is 11.2. The quantitative estimate of drug-likeness (QED) is 0.870. The van der Waals surface area contributed by atoms with Gasteiger partial charge in [0.25, 0.3) is 0 Å². The summed E-state index contributed by atoms with van der Waals surface area (Å²) in [6.07, 6.45) is 3.39. The lowest BCUT2D eigenvalue weighted by Gasteiger charge is -2.16. The minimum atomic E-state index is -0.778. The van der Waals surface area contributed by atoms with Crippen molar-refractivity contribution < 1.29 is 8.63 Å². The second kappa shape index (κ2) is 6.52. The van der Waals surface area contributed by atoms with E-state index < -0.39 is 10.8 Å². The molecule has 0 aliphatic rings. The Bertz CT molecular complexity index is 482. The van der Waals surface area contributed by atoms with E-state index in [2.05, 4.69) is 17.4 Å². The SMILES string of the molecule is CS(=O)CCNC(c1ccccc1)c1ccco1. The van der Waals surface area contributed by atoms with Crippen molar-refractivity contribution in [2.24, 2.45) is 0 Å². The summed E-state index contributed by atoms with van der Waals surface area (Å²) in [6, 6.07) is 14.0. The monoisotopic (exact) mass is 263 g/mol. The Labute approximate surface area is 110 Å². The highest BCUT2D eigenvalue weighted by Crippen LogP contribution is 2.21. The van der Waals surface area contributed by atoms with E-state index in [9.17, 15) is 4.21 Å². The minimum Gasteiger partial charge on any atom is -0.467 e. The topological polar surface area (TPSA) is 42.2 Å². The fraction of sp³-hybridized carbons (Fsp3) is 0.286. The highest BCUT2D eigenvalue weighted by Gasteiger charge is 2.15. The number of benzene rings is 1. The zero-order chi connectivity index (χ0) is 12.8. The first-order valence-corrected chi connectivity index (χ1v) is 7.62. The molecule has 2 atom stereocenters. The van der Waals surface area contributed by atoms with Gasteiger partial charge in [-0.15, -0.1) is 0 Å². The van der Waals surface area contributed by atoms with Gasteiger partial charge in [-0.05, 0) is 17.7 Å². The summed E-state index contributed by atoms with van der Waals surface area (Å²) in [6.45, 7) is 0.698. The summed E-state index contributed by atoms with van der Waals surface area (Å²) in [5.41, 5.74) is 1.15. The molecule has 18 heavy (non-hydrogen) atoms. The summed E-state index contributed by atoms with van der Waals surface area (Å²) in [7, 11) is -0.778. The molecule has 0 saturated carbocycles. The second-order valence-electron chi connectivity index (χ2n) is 4.09. The van der Waals surface area contributed by atoms with E-state index >= 15 is 0 Å². The van der Waals surface area contributed by atoms with Gasteiger partial charge < -0.3 is 9.73 Å². The van der Waals surface area contributed by atoms with Crippen LogP contribution in [0.25, 0.3) is 0 Å². The maximum Gasteiger partial charge on any atom is 0.125 e. The molecule has 0 bridgehead atoms. The van der Waals surface area contributed by atoms with Gasteiger partial charge in [0.05, 0.1) is 12.3 Å². The first-order valence-electron chi connectivity index (χ1n) is 5.89. The van der Waals surface area contributed by atoms with Crippen molar-refractivity contribution in [3.8, 4) is 0 Å². The normalized spacial score (nSPS) is 14.3. The van der Waals surface area contributed by atoms with Gasteiger partial charge in [0.2, 0.25) is 0 Å². The van der Waals surface area contributed by atoms with Crippen LogP contribution < -0.4 is 5.32 Å². The molecule has 2 rings (SSSR count). The molecular formula is C14H17NO2S. The van der Waals surface area contributed by atoms with Crippen molar-refractivity contribution in [1.82, 2.24) is 5.32 Å². The van der Waals surface area contributed by atoms with Crippen LogP contribution in [0.2, 0.25) is 0 Å². The molecule has 1 N–H and O–H groups in total. The molecule has 1 heterocycles. The summed E-state index contributed by atoms with van der Waals surface area (Å²) < 4.78 is 16.6. The molecule has 0 radical (unpaired) electrons. The molecule has 2 unspecified atom stereocenters. The summed E-state index contributed by atoms with van der Waals surface area (Å²) in [4.78, 5) is 0. The maximum absolute atomic E-state index is 11.1. The van der Waals surface area contributed by atoms with E-state index in [1.807, 2.05) is 30.3 Å². The highest BCUT2D eigenvalue weighted by molar-refractivity contribution is 7.84. The molecule has 2 aromatic rings. The Morgan fingerprint density at radius 1 is 1.22 bits per heavy atom. The van der Waals surface area contributed by atoms with Crippen LogP contribution in [-0.4, -0.2) is 22.8 Å². The second-order valence-corrected chi connectivity index (χ2v) is 5.65. The van der Waals surface area contributed by atoms with Crippen LogP contribution in [0, 0.1) is 0 Å². The van der Waals surface area contributed by atoms with E-state index in [4.69, 9.17) is 4.42 Å². The third-order valence-electron chi connectivity index (χ3n) is 2.70. The smallest absolute Gasteiger partial charge is 0.125 e. The van der Waals surface area contributed by atoms with Crippen LogP contribution >= 0.6 is 0 Å². The Kier molecular flexibility index (Phi) is 4.73.